The zero-order valence-electron chi connectivity index (χ0n) is 13.9. The largest absolute Gasteiger partial charge is 0.385 e. The zero-order chi connectivity index (χ0) is 16.1. The number of hydrogen-bond donors (Lipinski definition) is 0. The highest BCUT2D eigenvalue weighted by molar-refractivity contribution is 6.01. The van der Waals surface area contributed by atoms with Crippen molar-refractivity contribution in [1.82, 2.24) is 0 Å². The van der Waals surface area contributed by atoms with Crippen LogP contribution in [0.4, 0.5) is 0 Å². The molecule has 1 aromatic rings. The van der Waals surface area contributed by atoms with E-state index in [2.05, 4.69) is 44.7 Å². The molecule has 0 N–H and O–H groups in total. The summed E-state index contributed by atoms with van der Waals surface area (Å²) in [6.45, 7) is 9.24. The van der Waals surface area contributed by atoms with E-state index in [9.17, 15) is 4.79 Å². The van der Waals surface area contributed by atoms with E-state index in [0.717, 1.165) is 29.6 Å². The third-order valence-electron chi connectivity index (χ3n) is 4.13. The molecule has 0 radical (unpaired) electrons. The van der Waals surface area contributed by atoms with Gasteiger partial charge in [-0.1, -0.05) is 50.3 Å². The van der Waals surface area contributed by atoms with Gasteiger partial charge in [-0.05, 0) is 41.5 Å². The number of carbonyl (C=O) groups is 1. The summed E-state index contributed by atoms with van der Waals surface area (Å²) in [7, 11) is 1.71. The van der Waals surface area contributed by atoms with Gasteiger partial charge in [0.2, 0.25) is 0 Å². The van der Waals surface area contributed by atoms with Crippen LogP contribution < -0.4 is 0 Å². The van der Waals surface area contributed by atoms with E-state index in [1.807, 2.05) is 0 Å². The Balaban J connectivity index is 2.26. The number of benzene rings is 1. The van der Waals surface area contributed by atoms with Crippen LogP contribution in [0.2, 0.25) is 0 Å². The predicted octanol–water partition coefficient (Wildman–Crippen LogP) is 4.45. The second-order valence-electron chi connectivity index (χ2n) is 6.53. The molecular weight excluding hydrogens is 272 g/mol. The van der Waals surface area contributed by atoms with Crippen molar-refractivity contribution in [3.05, 3.63) is 53.6 Å². The zero-order valence-corrected chi connectivity index (χ0v) is 13.9. The van der Waals surface area contributed by atoms with Crippen LogP contribution in [0.1, 0.15) is 37.8 Å². The molecule has 0 bridgehead atoms. The van der Waals surface area contributed by atoms with Crippen molar-refractivity contribution in [2.24, 2.45) is 11.8 Å². The molecule has 0 saturated carbocycles. The normalized spacial score (nSPS) is 18.7. The summed E-state index contributed by atoms with van der Waals surface area (Å²) in [4.78, 5) is 11.9. The van der Waals surface area contributed by atoms with Gasteiger partial charge >= 0.3 is 0 Å². The van der Waals surface area contributed by atoms with Crippen LogP contribution in [0.5, 0.6) is 0 Å². The predicted molar refractivity (Wildman–Crippen MR) is 91.7 cm³/mol. The molecule has 1 atom stereocenters. The SMILES string of the molecule is C=C1CC(=O)C=C(c2ccc(CC(C)C)cc2)C1CCOC. The first-order valence-corrected chi connectivity index (χ1v) is 8.01. The highest BCUT2D eigenvalue weighted by Crippen LogP contribution is 2.36. The summed E-state index contributed by atoms with van der Waals surface area (Å²) >= 11 is 0. The summed E-state index contributed by atoms with van der Waals surface area (Å²) in [5.74, 6) is 1.02. The van der Waals surface area contributed by atoms with Crippen LogP contribution in [0.25, 0.3) is 5.57 Å². The molecule has 2 heteroatoms. The second kappa shape index (κ2) is 7.55. The molecule has 0 aromatic heterocycles. The van der Waals surface area contributed by atoms with Crippen molar-refractivity contribution in [2.45, 2.75) is 33.1 Å². The van der Waals surface area contributed by atoms with Gasteiger partial charge in [0.15, 0.2) is 5.78 Å². The van der Waals surface area contributed by atoms with Crippen LogP contribution in [0, 0.1) is 11.8 Å². The molecule has 0 spiro atoms. The van der Waals surface area contributed by atoms with Crippen LogP contribution in [-0.2, 0) is 16.0 Å². The van der Waals surface area contributed by atoms with Crippen molar-refractivity contribution in [3.8, 4) is 0 Å². The summed E-state index contributed by atoms with van der Waals surface area (Å²) in [6.07, 6.45) is 4.22. The number of carbonyl (C=O) groups excluding carboxylic acids is 1. The maximum atomic E-state index is 11.9. The summed E-state index contributed by atoms with van der Waals surface area (Å²) in [5, 5.41) is 0. The van der Waals surface area contributed by atoms with Gasteiger partial charge in [0.25, 0.3) is 0 Å². The number of hydrogen-bond acceptors (Lipinski definition) is 2. The molecule has 1 aliphatic carbocycles. The quantitative estimate of drug-likeness (QED) is 0.725. The van der Waals surface area contributed by atoms with Crippen molar-refractivity contribution in [3.63, 3.8) is 0 Å². The molecule has 1 aliphatic rings. The molecule has 1 aromatic carbocycles. The van der Waals surface area contributed by atoms with Gasteiger partial charge < -0.3 is 4.74 Å². The monoisotopic (exact) mass is 298 g/mol. The minimum absolute atomic E-state index is 0.153. The van der Waals surface area contributed by atoms with Crippen LogP contribution in [0.15, 0.2) is 42.5 Å². The lowest BCUT2D eigenvalue weighted by Gasteiger charge is -2.26. The van der Waals surface area contributed by atoms with E-state index < -0.39 is 0 Å². The number of rotatable bonds is 6. The van der Waals surface area contributed by atoms with Crippen molar-refractivity contribution in [2.75, 3.05) is 13.7 Å². The third-order valence-corrected chi connectivity index (χ3v) is 4.13. The average Bonchev–Trinajstić information content (AvgIpc) is 2.46. The lowest BCUT2D eigenvalue weighted by atomic mass is 9.78. The van der Waals surface area contributed by atoms with E-state index in [-0.39, 0.29) is 11.7 Å². The minimum Gasteiger partial charge on any atom is -0.385 e. The van der Waals surface area contributed by atoms with E-state index >= 15 is 0 Å². The van der Waals surface area contributed by atoms with Crippen LogP contribution in [0.3, 0.4) is 0 Å². The molecule has 0 amide bonds. The Labute approximate surface area is 133 Å². The molecular formula is C20H26O2. The molecule has 22 heavy (non-hydrogen) atoms. The van der Waals surface area contributed by atoms with Gasteiger partial charge in [-0.15, -0.1) is 0 Å². The van der Waals surface area contributed by atoms with Crippen molar-refractivity contribution in [1.29, 1.82) is 0 Å². The molecule has 0 aliphatic heterocycles. The first kappa shape index (κ1) is 16.7. The lowest BCUT2D eigenvalue weighted by Crippen LogP contribution is -2.17. The van der Waals surface area contributed by atoms with Gasteiger partial charge in [-0.3, -0.25) is 4.79 Å². The van der Waals surface area contributed by atoms with Crippen LogP contribution >= 0.6 is 0 Å². The molecule has 118 valence electrons. The fraction of sp³-hybridized carbons (Fsp3) is 0.450. The Hall–Kier alpha value is -1.67. The average molecular weight is 298 g/mol. The number of methoxy groups -OCH3 is 1. The Morgan fingerprint density at radius 3 is 2.55 bits per heavy atom. The molecule has 0 heterocycles. The van der Waals surface area contributed by atoms with Gasteiger partial charge in [0.05, 0.1) is 0 Å². The van der Waals surface area contributed by atoms with E-state index in [1.165, 1.54) is 5.56 Å². The Kier molecular flexibility index (Phi) is 5.73. The van der Waals surface area contributed by atoms with Gasteiger partial charge in [0, 0.05) is 26.1 Å². The fourth-order valence-corrected chi connectivity index (χ4v) is 3.08. The molecule has 1 unspecified atom stereocenters. The molecule has 0 saturated heterocycles. The first-order valence-electron chi connectivity index (χ1n) is 8.01. The molecule has 2 rings (SSSR count). The molecule has 0 fully saturated rings. The smallest absolute Gasteiger partial charge is 0.160 e. The number of allylic oxidation sites excluding steroid dienone is 3. The van der Waals surface area contributed by atoms with E-state index in [1.54, 1.807) is 13.2 Å². The highest BCUT2D eigenvalue weighted by Gasteiger charge is 2.25. The standard InChI is InChI=1S/C20H26O2/c1-14(2)11-16-5-7-17(8-6-16)20-13-18(21)12-15(3)19(20)9-10-22-4/h5-8,13-14,19H,3,9-12H2,1-2,4H3. The van der Waals surface area contributed by atoms with Gasteiger partial charge in [-0.25, -0.2) is 0 Å². The van der Waals surface area contributed by atoms with E-state index in [4.69, 9.17) is 4.74 Å². The number of ketones is 1. The first-order chi connectivity index (χ1) is 10.5. The molecule has 2 nitrogen and oxygen atoms in total. The Morgan fingerprint density at radius 2 is 1.95 bits per heavy atom. The third kappa shape index (κ3) is 4.17. The van der Waals surface area contributed by atoms with Crippen molar-refractivity contribution < 1.29 is 9.53 Å². The second-order valence-corrected chi connectivity index (χ2v) is 6.53. The summed E-state index contributed by atoms with van der Waals surface area (Å²) < 4.78 is 5.21. The fourth-order valence-electron chi connectivity index (χ4n) is 3.08. The lowest BCUT2D eigenvalue weighted by molar-refractivity contribution is -0.114. The van der Waals surface area contributed by atoms with Gasteiger partial charge in [0.1, 0.15) is 0 Å². The van der Waals surface area contributed by atoms with Crippen molar-refractivity contribution >= 4 is 11.4 Å². The van der Waals surface area contributed by atoms with E-state index in [0.29, 0.717) is 18.9 Å². The van der Waals surface area contributed by atoms with Crippen LogP contribution in [-0.4, -0.2) is 19.5 Å². The summed E-state index contributed by atoms with van der Waals surface area (Å²) in [5.41, 5.74) is 4.57. The van der Waals surface area contributed by atoms with Gasteiger partial charge in [-0.2, -0.15) is 0 Å². The summed E-state index contributed by atoms with van der Waals surface area (Å²) in [6, 6.07) is 8.61. The number of ether oxygens (including phenoxy) is 1. The minimum atomic E-state index is 0.153. The topological polar surface area (TPSA) is 26.3 Å². The Bertz CT molecular complexity index is 564. The Morgan fingerprint density at radius 1 is 1.27 bits per heavy atom. The highest BCUT2D eigenvalue weighted by atomic mass is 16.5. The maximum absolute atomic E-state index is 11.9. The maximum Gasteiger partial charge on any atom is 0.160 e.